The van der Waals surface area contributed by atoms with E-state index in [1.165, 1.54) is 19.2 Å². The van der Waals surface area contributed by atoms with Gasteiger partial charge in [-0.3, -0.25) is 0 Å². The van der Waals surface area contributed by atoms with Gasteiger partial charge in [0, 0.05) is 16.4 Å². The van der Waals surface area contributed by atoms with Crippen LogP contribution >= 0.6 is 0 Å². The maximum atomic E-state index is 13.7. The SMILES string of the molecule is COc1ccc(F)cc1C12CC(C(NC(=O)OCc3ccccc3)C(=O)O)(C1)C2. The third kappa shape index (κ3) is 3.30. The molecule has 1 amide bonds. The van der Waals surface area contributed by atoms with Crippen LogP contribution in [0.3, 0.4) is 0 Å². The lowest BCUT2D eigenvalue weighted by Gasteiger charge is -2.72. The Morgan fingerprint density at radius 3 is 2.48 bits per heavy atom. The molecular formula is C22H22FNO5. The zero-order chi connectivity index (χ0) is 20.6. The fourth-order valence-electron chi connectivity index (χ4n) is 4.91. The van der Waals surface area contributed by atoms with Crippen molar-refractivity contribution in [1.29, 1.82) is 0 Å². The molecule has 0 aliphatic heterocycles. The topological polar surface area (TPSA) is 84.9 Å². The smallest absolute Gasteiger partial charge is 0.408 e. The number of nitrogens with one attached hydrogen (secondary N) is 1. The molecule has 3 saturated carbocycles. The lowest BCUT2D eigenvalue weighted by molar-refractivity contribution is -0.183. The first kappa shape index (κ1) is 19.2. The summed E-state index contributed by atoms with van der Waals surface area (Å²) in [7, 11) is 1.53. The van der Waals surface area contributed by atoms with E-state index < -0.39 is 23.5 Å². The normalized spacial score (nSPS) is 25.2. The standard InChI is InChI=1S/C22H22FNO5/c1-28-17-8-7-15(23)9-16(17)21-11-22(12-21,13-21)18(19(25)26)24-20(27)29-10-14-5-3-2-4-6-14/h2-9,18H,10-13H2,1H3,(H,24,27)(H,25,26). The van der Waals surface area contributed by atoms with Crippen molar-refractivity contribution in [2.75, 3.05) is 7.11 Å². The van der Waals surface area contributed by atoms with Crippen LogP contribution in [0.4, 0.5) is 9.18 Å². The minimum absolute atomic E-state index is 0.0659. The molecule has 2 bridgehead atoms. The van der Waals surface area contributed by atoms with Gasteiger partial charge in [-0.2, -0.15) is 0 Å². The first-order valence-electron chi connectivity index (χ1n) is 9.42. The van der Waals surface area contributed by atoms with Gasteiger partial charge in [0.2, 0.25) is 0 Å². The predicted molar refractivity (Wildman–Crippen MR) is 102 cm³/mol. The number of benzene rings is 2. The number of carbonyl (C=O) groups is 2. The average molecular weight is 399 g/mol. The summed E-state index contributed by atoms with van der Waals surface area (Å²) in [4.78, 5) is 24.0. The Labute approximate surface area is 167 Å². The zero-order valence-corrected chi connectivity index (χ0v) is 16.0. The Kier molecular flexibility index (Phi) is 4.68. The number of ether oxygens (including phenoxy) is 2. The highest BCUT2D eigenvalue weighted by molar-refractivity contribution is 5.82. The molecule has 1 unspecified atom stereocenters. The minimum atomic E-state index is -1.10. The molecule has 2 aromatic carbocycles. The molecule has 0 radical (unpaired) electrons. The molecule has 2 N–H and O–H groups in total. The lowest BCUT2D eigenvalue weighted by Crippen LogP contribution is -2.73. The molecule has 7 heteroatoms. The van der Waals surface area contributed by atoms with Gasteiger partial charge in [0.25, 0.3) is 0 Å². The van der Waals surface area contributed by atoms with Crippen LogP contribution in [-0.4, -0.2) is 30.3 Å². The summed E-state index contributed by atoms with van der Waals surface area (Å²) in [6, 6.07) is 12.5. The summed E-state index contributed by atoms with van der Waals surface area (Å²) in [6.07, 6.45) is 0.893. The van der Waals surface area contributed by atoms with E-state index in [0.717, 1.165) is 11.1 Å². The quantitative estimate of drug-likeness (QED) is 0.743. The van der Waals surface area contributed by atoms with Gasteiger partial charge in [0.05, 0.1) is 7.11 Å². The Morgan fingerprint density at radius 1 is 1.17 bits per heavy atom. The van der Waals surface area contributed by atoms with Crippen molar-refractivity contribution >= 4 is 12.1 Å². The van der Waals surface area contributed by atoms with E-state index in [0.29, 0.717) is 25.0 Å². The molecular weight excluding hydrogens is 377 g/mol. The molecule has 29 heavy (non-hydrogen) atoms. The van der Waals surface area contributed by atoms with E-state index in [-0.39, 0.29) is 17.8 Å². The van der Waals surface area contributed by atoms with Crippen LogP contribution in [0.5, 0.6) is 5.75 Å². The van der Waals surface area contributed by atoms with Crippen molar-refractivity contribution in [2.24, 2.45) is 5.41 Å². The molecule has 152 valence electrons. The third-order valence-electron chi connectivity index (χ3n) is 6.14. The molecule has 0 saturated heterocycles. The first-order chi connectivity index (χ1) is 13.9. The maximum absolute atomic E-state index is 13.7. The Bertz CT molecular complexity index is 926. The highest BCUT2D eigenvalue weighted by atomic mass is 19.1. The van der Waals surface area contributed by atoms with Gasteiger partial charge in [0.15, 0.2) is 0 Å². The number of hydrogen-bond donors (Lipinski definition) is 2. The molecule has 3 aliphatic carbocycles. The van der Waals surface area contributed by atoms with Crippen LogP contribution in [0.15, 0.2) is 48.5 Å². The highest BCUT2D eigenvalue weighted by Gasteiger charge is 2.73. The highest BCUT2D eigenvalue weighted by Crippen LogP contribution is 2.75. The van der Waals surface area contributed by atoms with Crippen LogP contribution in [0.2, 0.25) is 0 Å². The number of rotatable bonds is 7. The number of halogens is 1. The largest absolute Gasteiger partial charge is 0.496 e. The number of hydrogen-bond acceptors (Lipinski definition) is 4. The van der Waals surface area contributed by atoms with Crippen molar-refractivity contribution in [3.05, 3.63) is 65.5 Å². The number of carbonyl (C=O) groups excluding carboxylic acids is 1. The van der Waals surface area contributed by atoms with Crippen LogP contribution in [0, 0.1) is 11.2 Å². The molecule has 2 aromatic rings. The monoisotopic (exact) mass is 399 g/mol. The molecule has 3 fully saturated rings. The Balaban J connectivity index is 1.41. The second kappa shape index (κ2) is 7.06. The second-order valence-corrected chi connectivity index (χ2v) is 7.99. The second-order valence-electron chi connectivity index (χ2n) is 7.99. The first-order valence-corrected chi connectivity index (χ1v) is 9.42. The number of alkyl carbamates (subject to hydrolysis) is 1. The van der Waals surface area contributed by atoms with Crippen molar-refractivity contribution in [3.63, 3.8) is 0 Å². The molecule has 6 nitrogen and oxygen atoms in total. The molecule has 0 aromatic heterocycles. The summed E-state index contributed by atoms with van der Waals surface area (Å²) >= 11 is 0. The fraction of sp³-hybridized carbons (Fsp3) is 0.364. The minimum Gasteiger partial charge on any atom is -0.496 e. The fourth-order valence-corrected chi connectivity index (χ4v) is 4.91. The lowest BCUT2D eigenvalue weighted by atomic mass is 9.31. The average Bonchev–Trinajstić information content (AvgIpc) is 2.64. The molecule has 3 aliphatic rings. The van der Waals surface area contributed by atoms with Crippen LogP contribution in [-0.2, 0) is 21.6 Å². The molecule has 5 rings (SSSR count). The molecule has 1 atom stereocenters. The predicted octanol–water partition coefficient (Wildman–Crippen LogP) is 3.64. The third-order valence-corrected chi connectivity index (χ3v) is 6.14. The van der Waals surface area contributed by atoms with Gasteiger partial charge in [-0.25, -0.2) is 14.0 Å². The van der Waals surface area contributed by atoms with Gasteiger partial charge < -0.3 is 19.9 Å². The van der Waals surface area contributed by atoms with Gasteiger partial charge in [0.1, 0.15) is 24.2 Å². The van der Waals surface area contributed by atoms with E-state index in [4.69, 9.17) is 9.47 Å². The Morgan fingerprint density at radius 2 is 1.86 bits per heavy atom. The van der Waals surface area contributed by atoms with Gasteiger partial charge >= 0.3 is 12.1 Å². The van der Waals surface area contributed by atoms with Crippen molar-refractivity contribution in [3.8, 4) is 5.75 Å². The summed E-state index contributed by atoms with van der Waals surface area (Å²) in [5, 5.41) is 12.2. The molecule has 0 heterocycles. The summed E-state index contributed by atoms with van der Waals surface area (Å²) < 4.78 is 24.3. The van der Waals surface area contributed by atoms with Crippen LogP contribution < -0.4 is 10.1 Å². The van der Waals surface area contributed by atoms with E-state index in [2.05, 4.69) is 5.32 Å². The number of amides is 1. The number of aliphatic carboxylic acids is 1. The van der Waals surface area contributed by atoms with Gasteiger partial charge in [-0.05, 0) is 43.0 Å². The number of carboxylic acid groups (broad SMARTS) is 1. The van der Waals surface area contributed by atoms with E-state index >= 15 is 0 Å². The summed E-state index contributed by atoms with van der Waals surface area (Å²) in [5.41, 5.74) is 0.737. The van der Waals surface area contributed by atoms with Crippen molar-refractivity contribution in [2.45, 2.75) is 37.3 Å². The number of carboxylic acids is 1. The zero-order valence-electron chi connectivity index (χ0n) is 16.0. The van der Waals surface area contributed by atoms with Crippen LogP contribution in [0.1, 0.15) is 30.4 Å². The number of methoxy groups -OCH3 is 1. The summed E-state index contributed by atoms with van der Waals surface area (Å²) in [5.74, 6) is -0.847. The maximum Gasteiger partial charge on any atom is 0.408 e. The van der Waals surface area contributed by atoms with Gasteiger partial charge in [-0.1, -0.05) is 30.3 Å². The van der Waals surface area contributed by atoms with E-state index in [1.807, 2.05) is 30.3 Å². The molecule has 0 spiro atoms. The van der Waals surface area contributed by atoms with Crippen molar-refractivity contribution in [1.82, 2.24) is 5.32 Å². The van der Waals surface area contributed by atoms with Crippen LogP contribution in [0.25, 0.3) is 0 Å². The van der Waals surface area contributed by atoms with E-state index in [1.54, 1.807) is 6.07 Å². The van der Waals surface area contributed by atoms with E-state index in [9.17, 15) is 19.1 Å². The van der Waals surface area contributed by atoms with Crippen molar-refractivity contribution < 1.29 is 28.6 Å². The Hall–Kier alpha value is -3.09. The summed E-state index contributed by atoms with van der Waals surface area (Å²) in [6.45, 7) is 0.0659. The van der Waals surface area contributed by atoms with Gasteiger partial charge in [-0.15, -0.1) is 0 Å².